The second-order valence-electron chi connectivity index (χ2n) is 6.50. The lowest BCUT2D eigenvalue weighted by Crippen LogP contribution is -2.33. The maximum absolute atomic E-state index is 12.2. The Morgan fingerprint density at radius 2 is 2.04 bits per heavy atom. The molecule has 0 aromatic carbocycles. The Morgan fingerprint density at radius 1 is 1.22 bits per heavy atom. The molecule has 1 fully saturated rings. The molecular formula is C19H22BrN3O4. The molecule has 2 N–H and O–H groups in total. The zero-order valence-electron chi connectivity index (χ0n) is 14.9. The first-order chi connectivity index (χ1) is 13.1. The summed E-state index contributed by atoms with van der Waals surface area (Å²) in [7, 11) is 0. The molecule has 0 aliphatic heterocycles. The minimum absolute atomic E-state index is 0.129. The topological polar surface area (TPSA) is 93.5 Å². The molecule has 0 radical (unpaired) electrons. The number of hydrogen-bond donors (Lipinski definition) is 2. The molecule has 0 spiro atoms. The molecule has 0 bridgehead atoms. The number of anilines is 1. The summed E-state index contributed by atoms with van der Waals surface area (Å²) >= 11 is 3.13. The summed E-state index contributed by atoms with van der Waals surface area (Å²) in [5.41, 5.74) is 0. The number of rotatable bonds is 7. The van der Waals surface area contributed by atoms with E-state index in [1.165, 1.54) is 38.2 Å². The molecule has 3 rings (SSSR count). The molecule has 2 amide bonds. The third-order valence-corrected chi connectivity index (χ3v) is 4.86. The van der Waals surface area contributed by atoms with Gasteiger partial charge in [-0.1, -0.05) is 19.3 Å². The number of hydrogen-bond acceptors (Lipinski definition) is 5. The predicted molar refractivity (Wildman–Crippen MR) is 104 cm³/mol. The van der Waals surface area contributed by atoms with Crippen LogP contribution in [-0.4, -0.2) is 29.9 Å². The summed E-state index contributed by atoms with van der Waals surface area (Å²) in [4.78, 5) is 28.2. The Kier molecular flexibility index (Phi) is 6.86. The smallest absolute Gasteiger partial charge is 0.287 e. The lowest BCUT2D eigenvalue weighted by Gasteiger charge is -2.22. The third kappa shape index (κ3) is 5.82. The van der Waals surface area contributed by atoms with Crippen molar-refractivity contribution in [2.45, 2.75) is 32.1 Å². The van der Waals surface area contributed by atoms with Crippen molar-refractivity contribution < 1.29 is 18.7 Å². The summed E-state index contributed by atoms with van der Waals surface area (Å²) < 4.78 is 11.5. The van der Waals surface area contributed by atoms with Gasteiger partial charge in [0, 0.05) is 6.20 Å². The van der Waals surface area contributed by atoms with Gasteiger partial charge in [0.15, 0.2) is 22.0 Å². The molecule has 1 saturated carbocycles. The van der Waals surface area contributed by atoms with Crippen LogP contribution in [-0.2, 0) is 4.79 Å². The van der Waals surface area contributed by atoms with Crippen molar-refractivity contribution in [1.82, 2.24) is 10.3 Å². The molecule has 2 heterocycles. The number of halogens is 1. The summed E-state index contributed by atoms with van der Waals surface area (Å²) in [6.45, 7) is 0.425. The molecule has 2 aromatic rings. The fourth-order valence-electron chi connectivity index (χ4n) is 3.02. The Morgan fingerprint density at radius 3 is 2.78 bits per heavy atom. The van der Waals surface area contributed by atoms with Crippen molar-refractivity contribution in [2.24, 2.45) is 5.92 Å². The highest BCUT2D eigenvalue weighted by atomic mass is 79.9. The lowest BCUT2D eigenvalue weighted by molar-refractivity contribution is -0.115. The van der Waals surface area contributed by atoms with E-state index in [0.717, 1.165) is 0 Å². The molecular weight excluding hydrogens is 414 g/mol. The van der Waals surface area contributed by atoms with Gasteiger partial charge >= 0.3 is 0 Å². The summed E-state index contributed by atoms with van der Waals surface area (Å²) in [5, 5.41) is 5.18. The van der Waals surface area contributed by atoms with Crippen LogP contribution in [0.25, 0.3) is 0 Å². The lowest BCUT2D eigenvalue weighted by atomic mass is 9.90. The van der Waals surface area contributed by atoms with Crippen molar-refractivity contribution >= 4 is 33.6 Å². The molecule has 0 atom stereocenters. The molecule has 1 aliphatic carbocycles. The minimum atomic E-state index is -0.467. The van der Waals surface area contributed by atoms with E-state index in [-0.39, 0.29) is 12.3 Å². The van der Waals surface area contributed by atoms with Crippen LogP contribution in [0.15, 0.2) is 39.5 Å². The molecule has 144 valence electrons. The van der Waals surface area contributed by atoms with Gasteiger partial charge in [0.25, 0.3) is 5.91 Å². The fourth-order valence-corrected chi connectivity index (χ4v) is 3.33. The van der Waals surface area contributed by atoms with Gasteiger partial charge in [-0.2, -0.15) is 0 Å². The van der Waals surface area contributed by atoms with E-state index in [9.17, 15) is 9.59 Å². The molecule has 8 heteroatoms. The Balaban J connectivity index is 1.50. The molecule has 1 aliphatic rings. The number of carbonyl (C=O) groups is 2. The van der Waals surface area contributed by atoms with Crippen LogP contribution < -0.4 is 15.4 Å². The third-order valence-electron chi connectivity index (χ3n) is 4.43. The van der Waals surface area contributed by atoms with Gasteiger partial charge in [-0.25, -0.2) is 4.98 Å². The normalized spacial score (nSPS) is 14.6. The van der Waals surface area contributed by atoms with E-state index in [1.54, 1.807) is 24.4 Å². The average Bonchev–Trinajstić information content (AvgIpc) is 3.13. The number of ether oxygens (including phenoxy) is 1. The van der Waals surface area contributed by atoms with Crippen LogP contribution in [0.1, 0.15) is 42.7 Å². The van der Waals surface area contributed by atoms with Crippen LogP contribution in [0.3, 0.4) is 0 Å². The number of furan rings is 1. The SMILES string of the molecule is O=C(CNC(=O)c1ccc(Br)o1)Nc1ncccc1OCC1CCCCC1. The average molecular weight is 436 g/mol. The second-order valence-corrected chi connectivity index (χ2v) is 7.28. The molecule has 0 unspecified atom stereocenters. The number of nitrogens with zero attached hydrogens (tertiary/aromatic N) is 1. The van der Waals surface area contributed by atoms with Gasteiger partial charge in [-0.15, -0.1) is 0 Å². The van der Waals surface area contributed by atoms with Crippen molar-refractivity contribution in [3.05, 3.63) is 40.9 Å². The standard InChI is InChI=1S/C19H22BrN3O4/c20-16-9-8-15(27-16)19(25)22-11-17(24)23-18-14(7-4-10-21-18)26-12-13-5-2-1-3-6-13/h4,7-10,13H,1-3,5-6,11-12H2,(H,22,25)(H,21,23,24). The van der Waals surface area contributed by atoms with Gasteiger partial charge < -0.3 is 19.8 Å². The maximum atomic E-state index is 12.2. The van der Waals surface area contributed by atoms with Crippen molar-refractivity contribution in [1.29, 1.82) is 0 Å². The molecule has 0 saturated heterocycles. The van der Waals surface area contributed by atoms with E-state index in [1.807, 2.05) is 0 Å². The minimum Gasteiger partial charge on any atom is -0.489 e. The van der Waals surface area contributed by atoms with Gasteiger partial charge in [-0.3, -0.25) is 9.59 Å². The maximum Gasteiger partial charge on any atom is 0.287 e. The fraction of sp³-hybridized carbons (Fsp3) is 0.421. The van der Waals surface area contributed by atoms with E-state index in [4.69, 9.17) is 9.15 Å². The zero-order chi connectivity index (χ0) is 19.1. The van der Waals surface area contributed by atoms with Crippen LogP contribution in [0.2, 0.25) is 0 Å². The van der Waals surface area contributed by atoms with E-state index in [0.29, 0.717) is 28.8 Å². The number of nitrogens with one attached hydrogen (secondary N) is 2. The van der Waals surface area contributed by atoms with Crippen LogP contribution >= 0.6 is 15.9 Å². The largest absolute Gasteiger partial charge is 0.489 e. The molecule has 2 aromatic heterocycles. The van der Waals surface area contributed by atoms with Gasteiger partial charge in [-0.05, 0) is 59.0 Å². The van der Waals surface area contributed by atoms with Crippen LogP contribution in [0.4, 0.5) is 5.82 Å². The first-order valence-corrected chi connectivity index (χ1v) is 9.82. The van der Waals surface area contributed by atoms with Gasteiger partial charge in [0.05, 0.1) is 13.2 Å². The number of amides is 2. The Labute approximate surface area is 166 Å². The van der Waals surface area contributed by atoms with E-state index in [2.05, 4.69) is 31.5 Å². The number of aromatic nitrogens is 1. The predicted octanol–water partition coefficient (Wildman–Crippen LogP) is 3.76. The highest BCUT2D eigenvalue weighted by Crippen LogP contribution is 2.26. The summed E-state index contributed by atoms with van der Waals surface area (Å²) in [6, 6.07) is 6.68. The summed E-state index contributed by atoms with van der Waals surface area (Å²) in [6.07, 6.45) is 7.73. The van der Waals surface area contributed by atoms with E-state index >= 15 is 0 Å². The van der Waals surface area contributed by atoms with Crippen molar-refractivity contribution in [2.75, 3.05) is 18.5 Å². The van der Waals surface area contributed by atoms with Gasteiger partial charge in [0.2, 0.25) is 5.91 Å². The zero-order valence-corrected chi connectivity index (χ0v) is 16.5. The number of carbonyl (C=O) groups excluding carboxylic acids is 2. The highest BCUT2D eigenvalue weighted by molar-refractivity contribution is 9.10. The van der Waals surface area contributed by atoms with Crippen molar-refractivity contribution in [3.63, 3.8) is 0 Å². The first kappa shape index (κ1) is 19.4. The second kappa shape index (κ2) is 9.55. The highest BCUT2D eigenvalue weighted by Gasteiger charge is 2.16. The quantitative estimate of drug-likeness (QED) is 0.690. The van der Waals surface area contributed by atoms with Crippen LogP contribution in [0, 0.1) is 5.92 Å². The molecule has 27 heavy (non-hydrogen) atoms. The van der Waals surface area contributed by atoms with Crippen molar-refractivity contribution in [3.8, 4) is 5.75 Å². The Hall–Kier alpha value is -2.35. The first-order valence-electron chi connectivity index (χ1n) is 9.03. The monoisotopic (exact) mass is 435 g/mol. The van der Waals surface area contributed by atoms with Crippen LogP contribution in [0.5, 0.6) is 5.75 Å². The molecule has 7 nitrogen and oxygen atoms in total. The summed E-state index contributed by atoms with van der Waals surface area (Å²) in [5.74, 6) is 0.713. The van der Waals surface area contributed by atoms with E-state index < -0.39 is 11.8 Å². The number of pyridine rings is 1. The van der Waals surface area contributed by atoms with Gasteiger partial charge in [0.1, 0.15) is 0 Å². The Bertz CT molecular complexity index is 787.